The quantitative estimate of drug-likeness (QED) is 0.339. The van der Waals surface area contributed by atoms with Crippen LogP contribution in [0.2, 0.25) is 5.02 Å². The highest BCUT2D eigenvalue weighted by Gasteiger charge is 2.19. The van der Waals surface area contributed by atoms with Gasteiger partial charge >= 0.3 is 0 Å². The molecule has 0 fully saturated rings. The molecule has 0 radical (unpaired) electrons. The van der Waals surface area contributed by atoms with Gasteiger partial charge in [0.25, 0.3) is 0 Å². The number of rotatable bonds is 5. The van der Waals surface area contributed by atoms with Crippen LogP contribution in [0, 0.1) is 36.8 Å². The van der Waals surface area contributed by atoms with Gasteiger partial charge in [-0.1, -0.05) is 19.5 Å². The predicted octanol–water partition coefficient (Wildman–Crippen LogP) is 6.09. The van der Waals surface area contributed by atoms with E-state index < -0.39 is 11.6 Å². The molecule has 1 N–H and O–H groups in total. The molecule has 4 aromatic rings. The third kappa shape index (κ3) is 4.57. The Kier molecular flexibility index (Phi) is 6.74. The Hall–Kier alpha value is -3.20. The summed E-state index contributed by atoms with van der Waals surface area (Å²) >= 11 is 6.55. The van der Waals surface area contributed by atoms with Crippen LogP contribution >= 0.6 is 19.5 Å². The summed E-state index contributed by atoms with van der Waals surface area (Å²) in [5.74, 6) is -0.973. The van der Waals surface area contributed by atoms with Crippen LogP contribution in [0.3, 0.4) is 0 Å². The Morgan fingerprint density at radius 1 is 1.09 bits per heavy atom. The smallest absolute Gasteiger partial charge is 0.151 e. The molecule has 0 aliphatic carbocycles. The van der Waals surface area contributed by atoms with Crippen LogP contribution in [0.1, 0.15) is 22.4 Å². The molecule has 3 aromatic heterocycles. The van der Waals surface area contributed by atoms with Gasteiger partial charge in [0.1, 0.15) is 17.0 Å². The first kappa shape index (κ1) is 23.9. The molecule has 0 saturated carbocycles. The summed E-state index contributed by atoms with van der Waals surface area (Å²) in [7, 11) is -0.389. The zero-order valence-electron chi connectivity index (χ0n) is 19.0. The lowest BCUT2D eigenvalue weighted by molar-refractivity contribution is 0.613. The molecule has 4 rings (SSSR count). The number of hydrogen-bond acceptors (Lipinski definition) is 5. The second-order valence-corrected chi connectivity index (χ2v) is 10.7. The molecular weight excluding hydrogens is 475 g/mol. The van der Waals surface area contributed by atoms with E-state index in [0.717, 1.165) is 11.0 Å². The van der Waals surface area contributed by atoms with Gasteiger partial charge in [-0.25, -0.2) is 18.7 Å². The molecular formula is C25H21ClF2N5P. The summed E-state index contributed by atoms with van der Waals surface area (Å²) in [6.07, 6.45) is 1.64. The summed E-state index contributed by atoms with van der Waals surface area (Å²) in [6.45, 7) is 7.87. The first-order valence-corrected chi connectivity index (χ1v) is 13.0. The van der Waals surface area contributed by atoms with Crippen molar-refractivity contribution in [2.75, 3.05) is 18.6 Å². The van der Waals surface area contributed by atoms with Gasteiger partial charge < -0.3 is 5.32 Å². The van der Waals surface area contributed by atoms with Crippen molar-refractivity contribution >= 4 is 41.7 Å². The lowest BCUT2D eigenvalue weighted by Crippen LogP contribution is -2.08. The maximum atomic E-state index is 15.1. The van der Waals surface area contributed by atoms with Gasteiger partial charge in [-0.15, -0.1) is 0 Å². The summed E-state index contributed by atoms with van der Waals surface area (Å²) in [5.41, 5.74) is 4.79. The van der Waals surface area contributed by atoms with E-state index in [1.54, 1.807) is 13.1 Å². The molecule has 5 nitrogen and oxygen atoms in total. The molecule has 0 bridgehead atoms. The second-order valence-electron chi connectivity index (χ2n) is 8.10. The summed E-state index contributed by atoms with van der Waals surface area (Å²) in [5, 5.41) is 12.6. The van der Waals surface area contributed by atoms with Gasteiger partial charge in [-0.2, -0.15) is 5.26 Å². The second kappa shape index (κ2) is 9.58. The van der Waals surface area contributed by atoms with Crippen LogP contribution in [0.4, 0.5) is 14.5 Å². The normalized spacial score (nSPS) is 11.1. The summed E-state index contributed by atoms with van der Waals surface area (Å²) in [6, 6.07) is 9.41. The van der Waals surface area contributed by atoms with Gasteiger partial charge in [0, 0.05) is 29.9 Å². The Balaban J connectivity index is 1.83. The van der Waals surface area contributed by atoms with E-state index in [2.05, 4.69) is 33.6 Å². The van der Waals surface area contributed by atoms with Crippen molar-refractivity contribution in [3.63, 3.8) is 0 Å². The van der Waals surface area contributed by atoms with Gasteiger partial charge in [-0.05, 0) is 57.0 Å². The van der Waals surface area contributed by atoms with Crippen molar-refractivity contribution < 1.29 is 8.78 Å². The van der Waals surface area contributed by atoms with E-state index in [-0.39, 0.29) is 20.2 Å². The number of nitrogens with zero attached hydrogens (tertiary/aromatic N) is 4. The van der Waals surface area contributed by atoms with Gasteiger partial charge in [0.05, 0.1) is 39.0 Å². The van der Waals surface area contributed by atoms with Crippen molar-refractivity contribution in [3.05, 3.63) is 75.6 Å². The largest absolute Gasteiger partial charge is 0.378 e. The molecule has 34 heavy (non-hydrogen) atoms. The van der Waals surface area contributed by atoms with Crippen molar-refractivity contribution in [1.82, 2.24) is 15.0 Å². The number of aryl methyl sites for hydroxylation is 2. The molecule has 0 aliphatic rings. The van der Waals surface area contributed by atoms with Crippen LogP contribution in [0.25, 0.3) is 22.3 Å². The van der Waals surface area contributed by atoms with E-state index >= 15 is 4.39 Å². The highest BCUT2D eigenvalue weighted by Crippen LogP contribution is 2.35. The van der Waals surface area contributed by atoms with Crippen LogP contribution in [-0.2, 0) is 6.54 Å². The van der Waals surface area contributed by atoms with E-state index in [9.17, 15) is 4.39 Å². The fraction of sp³-hybridized carbons (Fsp3) is 0.200. The van der Waals surface area contributed by atoms with Crippen molar-refractivity contribution in [3.8, 4) is 17.3 Å². The third-order valence-electron chi connectivity index (χ3n) is 5.46. The average molecular weight is 496 g/mol. The molecule has 0 amide bonds. The Morgan fingerprint density at radius 3 is 2.53 bits per heavy atom. The number of halogens is 3. The predicted molar refractivity (Wildman–Crippen MR) is 134 cm³/mol. The molecule has 0 saturated heterocycles. The Morgan fingerprint density at radius 2 is 1.85 bits per heavy atom. The molecule has 0 unspecified atom stereocenters. The number of nitriles is 1. The number of fused-ring (bicyclic) bond motifs is 1. The third-order valence-corrected chi connectivity index (χ3v) is 7.08. The highest BCUT2D eigenvalue weighted by atomic mass is 35.5. The highest BCUT2D eigenvalue weighted by molar-refractivity contribution is 7.63. The number of aromatic nitrogens is 3. The van der Waals surface area contributed by atoms with E-state index in [1.165, 1.54) is 24.3 Å². The fourth-order valence-corrected chi connectivity index (χ4v) is 4.55. The number of hydrogen-bond donors (Lipinski definition) is 1. The van der Waals surface area contributed by atoms with Crippen molar-refractivity contribution in [1.29, 1.82) is 5.26 Å². The maximum Gasteiger partial charge on any atom is 0.151 e. The fourth-order valence-electron chi connectivity index (χ4n) is 3.61. The Labute approximate surface area is 202 Å². The SMILES string of the molecule is Cc1cc(P(C)C)ncc1-c1nc2c(NCc3cc(C#N)ccc3F)c(Cl)c(C)nc2cc1F. The molecule has 172 valence electrons. The molecule has 0 spiro atoms. The van der Waals surface area contributed by atoms with Crippen LogP contribution < -0.4 is 10.8 Å². The minimum atomic E-state index is -0.520. The molecule has 0 aliphatic heterocycles. The first-order valence-electron chi connectivity index (χ1n) is 10.4. The van der Waals surface area contributed by atoms with Gasteiger partial charge in [0.2, 0.25) is 0 Å². The monoisotopic (exact) mass is 495 g/mol. The average Bonchev–Trinajstić information content (AvgIpc) is 2.80. The standard InChI is InChI=1S/C25H21ClF2N5P/c1-13-7-21(34(3)4)30-12-17(13)23-19(28)9-20-24(33-23)25(22(26)14(2)32-20)31-11-16-8-15(10-29)5-6-18(16)27/h5-9,12H,11H2,1-4H3,(H,31,32). The topological polar surface area (TPSA) is 74.5 Å². The summed E-state index contributed by atoms with van der Waals surface area (Å²) < 4.78 is 29.4. The minimum absolute atomic E-state index is 0.0554. The maximum absolute atomic E-state index is 15.1. The Bertz CT molecular complexity index is 1470. The van der Waals surface area contributed by atoms with Gasteiger partial charge in [-0.3, -0.25) is 4.98 Å². The van der Waals surface area contributed by atoms with Crippen LogP contribution in [0.5, 0.6) is 0 Å². The number of nitrogens with one attached hydrogen (secondary N) is 1. The minimum Gasteiger partial charge on any atom is -0.378 e. The van der Waals surface area contributed by atoms with Gasteiger partial charge in [0.15, 0.2) is 5.82 Å². The molecule has 1 aromatic carbocycles. The van der Waals surface area contributed by atoms with E-state index in [0.29, 0.717) is 44.1 Å². The first-order chi connectivity index (χ1) is 16.2. The van der Waals surface area contributed by atoms with Crippen LogP contribution in [-0.4, -0.2) is 28.3 Å². The lowest BCUT2D eigenvalue weighted by Gasteiger charge is -2.15. The van der Waals surface area contributed by atoms with Crippen LogP contribution in [0.15, 0.2) is 36.5 Å². The number of benzene rings is 1. The van der Waals surface area contributed by atoms with Crippen molar-refractivity contribution in [2.45, 2.75) is 20.4 Å². The number of pyridine rings is 3. The van der Waals surface area contributed by atoms with E-state index in [1.807, 2.05) is 19.1 Å². The molecule has 0 atom stereocenters. The lowest BCUT2D eigenvalue weighted by atomic mass is 10.1. The molecule has 9 heteroatoms. The van der Waals surface area contributed by atoms with Crippen molar-refractivity contribution in [2.24, 2.45) is 0 Å². The number of anilines is 1. The zero-order valence-corrected chi connectivity index (χ0v) is 20.7. The summed E-state index contributed by atoms with van der Waals surface area (Å²) in [4.78, 5) is 13.5. The molecule has 3 heterocycles. The zero-order chi connectivity index (χ0) is 24.6. The van der Waals surface area contributed by atoms with E-state index in [4.69, 9.17) is 16.9 Å².